The van der Waals surface area contributed by atoms with Gasteiger partial charge in [0.15, 0.2) is 0 Å². The number of amides is 1. The van der Waals surface area contributed by atoms with E-state index in [-0.39, 0.29) is 0 Å². The van der Waals surface area contributed by atoms with Crippen LogP contribution in [0.2, 0.25) is 0 Å². The third kappa shape index (κ3) is 4.80. The Morgan fingerprint density at radius 3 is 2.95 bits per heavy atom. The number of halogens is 3. The van der Waals surface area contributed by atoms with Crippen LogP contribution in [0, 0.1) is 0 Å². The fourth-order valence-corrected chi connectivity index (χ4v) is 3.05. The lowest BCUT2D eigenvalue weighted by Gasteiger charge is -2.22. The average Bonchev–Trinajstić information content (AvgIpc) is 3.06. The van der Waals surface area contributed by atoms with Crippen LogP contribution in [0.5, 0.6) is 5.19 Å². The number of carbonyl (C=O) groups excluding carboxylic acids is 1. The summed E-state index contributed by atoms with van der Waals surface area (Å²) in [4.78, 5) is 13.7. The Hall–Kier alpha value is -1.42. The molecule has 1 atom stereocenters. The zero-order chi connectivity index (χ0) is 16.2. The van der Waals surface area contributed by atoms with Crippen molar-refractivity contribution in [3.05, 3.63) is 5.01 Å². The number of nitrogens with zero attached hydrogens (tertiary/aromatic N) is 3. The predicted octanol–water partition coefficient (Wildman–Crippen LogP) is 1.58. The Kier molecular flexibility index (Phi) is 5.57. The van der Waals surface area contributed by atoms with E-state index in [4.69, 9.17) is 4.74 Å². The summed E-state index contributed by atoms with van der Waals surface area (Å²) in [7, 11) is 0. The van der Waals surface area contributed by atoms with E-state index in [9.17, 15) is 18.0 Å². The minimum absolute atomic E-state index is 0.384. The van der Waals surface area contributed by atoms with Gasteiger partial charge in [-0.2, -0.15) is 13.2 Å². The summed E-state index contributed by atoms with van der Waals surface area (Å²) in [6, 6.07) is -0.554. The lowest BCUT2D eigenvalue weighted by Crippen LogP contribution is -2.45. The molecule has 1 fully saturated rings. The van der Waals surface area contributed by atoms with Crippen LogP contribution in [0.1, 0.15) is 24.8 Å². The maximum absolute atomic E-state index is 12.2. The number of alkyl halides is 3. The molecule has 124 valence electrons. The van der Waals surface area contributed by atoms with E-state index in [1.165, 1.54) is 11.3 Å². The SMILES string of the molecule is CCOc1nnc(CN2CCC[C@H]2C(=O)NCC(F)(F)F)s1. The normalized spacial score (nSPS) is 19.4. The number of aromatic nitrogens is 2. The number of carbonyl (C=O) groups is 1. The second-order valence-electron chi connectivity index (χ2n) is 4.86. The van der Waals surface area contributed by atoms with Gasteiger partial charge in [-0.3, -0.25) is 9.69 Å². The molecule has 1 amide bonds. The van der Waals surface area contributed by atoms with Gasteiger partial charge in [0.1, 0.15) is 11.6 Å². The molecule has 0 aromatic carbocycles. The van der Waals surface area contributed by atoms with Crippen molar-refractivity contribution in [3.8, 4) is 5.19 Å². The standard InChI is InChI=1S/C12H17F3N4O2S/c1-2-21-11-18-17-9(22-11)6-19-5-3-4-8(19)10(20)16-7-12(13,14)15/h8H,2-7H2,1H3,(H,16,20)/t8-/m0/s1. The van der Waals surface area contributed by atoms with E-state index in [1.54, 1.807) is 0 Å². The van der Waals surface area contributed by atoms with Gasteiger partial charge >= 0.3 is 6.18 Å². The maximum atomic E-state index is 12.2. The molecule has 0 unspecified atom stereocenters. The highest BCUT2D eigenvalue weighted by Crippen LogP contribution is 2.24. The Balaban J connectivity index is 1.90. The van der Waals surface area contributed by atoms with Crippen LogP contribution in [-0.4, -0.2) is 52.9 Å². The lowest BCUT2D eigenvalue weighted by molar-refractivity contribution is -0.141. The first kappa shape index (κ1) is 16.9. The third-order valence-electron chi connectivity index (χ3n) is 3.18. The number of rotatable bonds is 6. The fourth-order valence-electron chi connectivity index (χ4n) is 2.28. The van der Waals surface area contributed by atoms with Crippen LogP contribution in [0.25, 0.3) is 0 Å². The summed E-state index contributed by atoms with van der Waals surface area (Å²) in [5, 5.41) is 10.9. The van der Waals surface area contributed by atoms with Crippen LogP contribution >= 0.6 is 11.3 Å². The van der Waals surface area contributed by atoms with Crippen molar-refractivity contribution in [1.29, 1.82) is 0 Å². The van der Waals surface area contributed by atoms with Gasteiger partial charge in [-0.25, -0.2) is 0 Å². The quantitative estimate of drug-likeness (QED) is 0.853. The van der Waals surface area contributed by atoms with Crippen molar-refractivity contribution in [2.24, 2.45) is 0 Å². The molecule has 0 radical (unpaired) electrons. The molecule has 2 heterocycles. The molecule has 22 heavy (non-hydrogen) atoms. The maximum Gasteiger partial charge on any atom is 0.405 e. The van der Waals surface area contributed by atoms with Gasteiger partial charge in [0.2, 0.25) is 5.91 Å². The van der Waals surface area contributed by atoms with E-state index in [0.29, 0.717) is 36.3 Å². The van der Waals surface area contributed by atoms with Gasteiger partial charge in [-0.1, -0.05) is 11.3 Å². The van der Waals surface area contributed by atoms with E-state index in [0.717, 1.165) is 6.42 Å². The highest BCUT2D eigenvalue weighted by molar-refractivity contribution is 7.13. The monoisotopic (exact) mass is 338 g/mol. The summed E-state index contributed by atoms with van der Waals surface area (Å²) in [6.45, 7) is 2.05. The first-order valence-corrected chi connectivity index (χ1v) is 7.74. The third-order valence-corrected chi connectivity index (χ3v) is 4.00. The number of hydrogen-bond acceptors (Lipinski definition) is 6. The molecule has 0 bridgehead atoms. The molecule has 2 rings (SSSR count). The summed E-state index contributed by atoms with van der Waals surface area (Å²) in [6.07, 6.45) is -3.09. The Labute approximate surface area is 129 Å². The molecule has 0 aliphatic carbocycles. The van der Waals surface area contributed by atoms with E-state index >= 15 is 0 Å². The molecule has 0 spiro atoms. The number of nitrogens with one attached hydrogen (secondary N) is 1. The van der Waals surface area contributed by atoms with Crippen LogP contribution in [0.3, 0.4) is 0 Å². The van der Waals surface area contributed by atoms with Crippen LogP contribution in [0.4, 0.5) is 13.2 Å². The molecule has 1 saturated heterocycles. The summed E-state index contributed by atoms with van der Waals surface area (Å²) >= 11 is 1.28. The molecule has 1 aromatic heterocycles. The molecule has 6 nitrogen and oxygen atoms in total. The Morgan fingerprint density at radius 1 is 1.50 bits per heavy atom. The van der Waals surface area contributed by atoms with Crippen LogP contribution < -0.4 is 10.1 Å². The fraction of sp³-hybridized carbons (Fsp3) is 0.750. The van der Waals surface area contributed by atoms with Crippen molar-refractivity contribution >= 4 is 17.2 Å². The smallest absolute Gasteiger partial charge is 0.405 e. The van der Waals surface area contributed by atoms with Crippen molar-refractivity contribution in [1.82, 2.24) is 20.4 Å². The average molecular weight is 338 g/mol. The molecule has 1 N–H and O–H groups in total. The number of ether oxygens (including phenoxy) is 1. The van der Waals surface area contributed by atoms with Gasteiger partial charge in [0.25, 0.3) is 5.19 Å². The molecule has 1 aromatic rings. The number of likely N-dealkylation sites (tertiary alicyclic amines) is 1. The Bertz CT molecular complexity index is 509. The zero-order valence-electron chi connectivity index (χ0n) is 12.0. The molecule has 10 heteroatoms. The first-order chi connectivity index (χ1) is 10.4. The molecular formula is C12H17F3N4O2S. The largest absolute Gasteiger partial charge is 0.469 e. The van der Waals surface area contributed by atoms with Crippen molar-refractivity contribution in [2.45, 2.75) is 38.5 Å². The van der Waals surface area contributed by atoms with Gasteiger partial charge in [-0.15, -0.1) is 10.2 Å². The second-order valence-corrected chi connectivity index (χ2v) is 5.88. The summed E-state index contributed by atoms with van der Waals surface area (Å²) in [5.41, 5.74) is 0. The van der Waals surface area contributed by atoms with Crippen LogP contribution in [-0.2, 0) is 11.3 Å². The molecular weight excluding hydrogens is 321 g/mol. The minimum atomic E-state index is -4.40. The first-order valence-electron chi connectivity index (χ1n) is 6.92. The van der Waals surface area contributed by atoms with Crippen molar-refractivity contribution < 1.29 is 22.7 Å². The lowest BCUT2D eigenvalue weighted by atomic mass is 10.2. The van der Waals surface area contributed by atoms with Crippen LogP contribution in [0.15, 0.2) is 0 Å². The highest BCUT2D eigenvalue weighted by atomic mass is 32.1. The summed E-state index contributed by atoms with van der Waals surface area (Å²) in [5.74, 6) is -0.593. The van der Waals surface area contributed by atoms with Crippen molar-refractivity contribution in [3.63, 3.8) is 0 Å². The Morgan fingerprint density at radius 2 is 2.27 bits per heavy atom. The molecule has 0 saturated carbocycles. The molecule has 1 aliphatic heterocycles. The zero-order valence-corrected chi connectivity index (χ0v) is 12.8. The van der Waals surface area contributed by atoms with E-state index in [1.807, 2.05) is 17.1 Å². The van der Waals surface area contributed by atoms with E-state index in [2.05, 4.69) is 10.2 Å². The minimum Gasteiger partial charge on any atom is -0.469 e. The van der Waals surface area contributed by atoms with Gasteiger partial charge in [0, 0.05) is 0 Å². The second kappa shape index (κ2) is 7.23. The highest BCUT2D eigenvalue weighted by Gasteiger charge is 2.34. The molecule has 1 aliphatic rings. The van der Waals surface area contributed by atoms with Gasteiger partial charge < -0.3 is 10.1 Å². The van der Waals surface area contributed by atoms with E-state index < -0.39 is 24.7 Å². The predicted molar refractivity (Wildman–Crippen MR) is 73.6 cm³/mol. The van der Waals surface area contributed by atoms with Crippen molar-refractivity contribution in [2.75, 3.05) is 19.7 Å². The number of hydrogen-bond donors (Lipinski definition) is 1. The van der Waals surface area contributed by atoms with Gasteiger partial charge in [-0.05, 0) is 26.3 Å². The van der Waals surface area contributed by atoms with Gasteiger partial charge in [0.05, 0.1) is 19.2 Å². The summed E-state index contributed by atoms with van der Waals surface area (Å²) < 4.78 is 41.7. The topological polar surface area (TPSA) is 67.4 Å².